The van der Waals surface area contributed by atoms with Crippen molar-refractivity contribution in [2.45, 2.75) is 36.2 Å². The van der Waals surface area contributed by atoms with Crippen molar-refractivity contribution >= 4 is 104 Å². The molecule has 0 radical (unpaired) electrons. The van der Waals surface area contributed by atoms with Gasteiger partial charge < -0.3 is 5.11 Å². The second kappa shape index (κ2) is 7.80. The Morgan fingerprint density at radius 3 is 1.87 bits per heavy atom. The summed E-state index contributed by atoms with van der Waals surface area (Å²) >= 11 is 54.5. The first-order chi connectivity index (χ1) is 10.2. The molecule has 1 aromatic rings. The Morgan fingerprint density at radius 1 is 0.913 bits per heavy atom. The molecule has 10 heteroatoms. The Balaban J connectivity index is 3.40. The molecule has 0 saturated carbocycles. The lowest BCUT2D eigenvalue weighted by Gasteiger charge is -2.44. The standard InChI is InChI=1S/C13H11Cl9O/c1-2-9(23)7-4-3-5-8(6-7)10(14,15)11(16,17)12(18,19)13(20,21)22/h3-6,9,23H,2H2,1H3. The number of alkyl halides is 9. The van der Waals surface area contributed by atoms with E-state index in [0.29, 0.717) is 12.0 Å². The quantitative estimate of drug-likeness (QED) is 0.414. The Hall–Kier alpha value is 1.79. The number of halogens is 9. The Bertz CT molecular complexity index is 551. The van der Waals surface area contributed by atoms with E-state index in [4.69, 9.17) is 104 Å². The van der Waals surface area contributed by atoms with Gasteiger partial charge in [-0.2, -0.15) is 0 Å². The highest BCUT2D eigenvalue weighted by Gasteiger charge is 2.68. The molecule has 0 saturated heterocycles. The normalized spacial score (nSPS) is 15.6. The molecule has 1 unspecified atom stereocenters. The highest BCUT2D eigenvalue weighted by molar-refractivity contribution is 6.80. The molecule has 0 spiro atoms. The van der Waals surface area contributed by atoms with Gasteiger partial charge >= 0.3 is 0 Å². The smallest absolute Gasteiger partial charge is 0.226 e. The summed E-state index contributed by atoms with van der Waals surface area (Å²) in [5, 5.41) is 9.94. The van der Waals surface area contributed by atoms with Gasteiger partial charge in [0.15, 0.2) is 8.67 Å². The van der Waals surface area contributed by atoms with Crippen molar-refractivity contribution in [3.8, 4) is 0 Å². The predicted octanol–water partition coefficient (Wildman–Crippen LogP) is 7.48. The van der Waals surface area contributed by atoms with E-state index in [-0.39, 0.29) is 5.56 Å². The van der Waals surface area contributed by atoms with Gasteiger partial charge in [-0.25, -0.2) is 0 Å². The average Bonchev–Trinajstić information content (AvgIpc) is 2.44. The summed E-state index contributed by atoms with van der Waals surface area (Å²) in [4.78, 5) is 0. The Morgan fingerprint density at radius 2 is 1.43 bits per heavy atom. The molecule has 1 nitrogen and oxygen atoms in total. The minimum absolute atomic E-state index is 0.232. The molecule has 0 amide bonds. The van der Waals surface area contributed by atoms with Crippen LogP contribution in [0.4, 0.5) is 0 Å². The Labute approximate surface area is 180 Å². The molecule has 23 heavy (non-hydrogen) atoms. The van der Waals surface area contributed by atoms with E-state index in [1.807, 2.05) is 6.92 Å². The number of benzene rings is 1. The van der Waals surface area contributed by atoms with E-state index in [9.17, 15) is 5.11 Å². The van der Waals surface area contributed by atoms with Crippen LogP contribution < -0.4 is 0 Å². The van der Waals surface area contributed by atoms with Crippen molar-refractivity contribution in [3.05, 3.63) is 35.4 Å². The fraction of sp³-hybridized carbons (Fsp3) is 0.538. The van der Waals surface area contributed by atoms with Gasteiger partial charge in [-0.1, -0.05) is 136 Å². The van der Waals surface area contributed by atoms with Crippen LogP contribution in [0.25, 0.3) is 0 Å². The molecule has 0 aromatic heterocycles. The molecule has 0 heterocycles. The monoisotopic (exact) mass is 498 g/mol. The second-order valence-corrected chi connectivity index (χ2v) is 11.0. The summed E-state index contributed by atoms with van der Waals surface area (Å²) < 4.78 is -8.99. The van der Waals surface area contributed by atoms with Crippen LogP contribution in [0.5, 0.6) is 0 Å². The van der Waals surface area contributed by atoms with Gasteiger partial charge in [0.2, 0.25) is 8.13 Å². The van der Waals surface area contributed by atoms with E-state index in [0.717, 1.165) is 0 Å². The highest BCUT2D eigenvalue weighted by atomic mass is 35.6. The summed E-state index contributed by atoms with van der Waals surface area (Å²) in [6.45, 7) is 1.81. The third-order valence-electron chi connectivity index (χ3n) is 3.17. The topological polar surface area (TPSA) is 20.2 Å². The summed E-state index contributed by atoms with van der Waals surface area (Å²) in [6.07, 6.45) is -0.235. The van der Waals surface area contributed by atoms with E-state index >= 15 is 0 Å². The molecule has 1 aromatic carbocycles. The molecular weight excluding hydrogens is 491 g/mol. The third kappa shape index (κ3) is 4.38. The largest absolute Gasteiger partial charge is 0.388 e. The van der Waals surface area contributed by atoms with Crippen LogP contribution in [0.15, 0.2) is 24.3 Å². The average molecular weight is 502 g/mol. The molecule has 1 rings (SSSR count). The number of hydrogen-bond donors (Lipinski definition) is 1. The summed E-state index contributed by atoms with van der Waals surface area (Å²) in [5.41, 5.74) is 0.791. The Kier molecular flexibility index (Phi) is 7.75. The maximum absolute atomic E-state index is 9.94. The molecule has 1 N–H and O–H groups in total. The molecule has 1 atom stereocenters. The zero-order valence-electron chi connectivity index (χ0n) is 11.4. The lowest BCUT2D eigenvalue weighted by molar-refractivity contribution is 0.173. The van der Waals surface area contributed by atoms with Gasteiger partial charge in [0.25, 0.3) is 0 Å². The SMILES string of the molecule is CCC(O)c1cccc(C(Cl)(Cl)C(Cl)(Cl)C(Cl)(Cl)C(Cl)(Cl)Cl)c1. The van der Waals surface area contributed by atoms with Crippen molar-refractivity contribution < 1.29 is 5.11 Å². The summed E-state index contributed by atoms with van der Waals surface area (Å²) in [6, 6.07) is 6.37. The first kappa shape index (κ1) is 22.8. The van der Waals surface area contributed by atoms with Gasteiger partial charge in [-0.05, 0) is 17.5 Å². The third-order valence-corrected chi connectivity index (χ3v) is 8.64. The molecule has 132 valence electrons. The van der Waals surface area contributed by atoms with Crippen LogP contribution in [0.1, 0.15) is 30.6 Å². The van der Waals surface area contributed by atoms with Crippen LogP contribution in [0, 0.1) is 0 Å². The molecule has 0 aliphatic heterocycles. The lowest BCUT2D eigenvalue weighted by Crippen LogP contribution is -2.54. The van der Waals surface area contributed by atoms with E-state index in [2.05, 4.69) is 0 Å². The molecule has 0 fully saturated rings. The number of hydrogen-bond acceptors (Lipinski definition) is 1. The van der Waals surface area contributed by atoms with Crippen molar-refractivity contribution in [2.24, 2.45) is 0 Å². The van der Waals surface area contributed by atoms with Crippen molar-refractivity contribution in [1.82, 2.24) is 0 Å². The first-order valence-corrected chi connectivity index (χ1v) is 9.59. The van der Waals surface area contributed by atoms with Gasteiger partial charge in [0.1, 0.15) is 0 Å². The van der Waals surface area contributed by atoms with E-state index in [1.54, 1.807) is 12.1 Å². The van der Waals surface area contributed by atoms with Crippen molar-refractivity contribution in [3.63, 3.8) is 0 Å². The summed E-state index contributed by atoms with van der Waals surface area (Å²) in [5.74, 6) is 0. The molecule has 0 aliphatic carbocycles. The second-order valence-electron chi connectivity index (χ2n) is 4.77. The van der Waals surface area contributed by atoms with Crippen LogP contribution in [-0.4, -0.2) is 17.6 Å². The lowest BCUT2D eigenvalue weighted by atomic mass is 10.00. The minimum Gasteiger partial charge on any atom is -0.388 e. The molecule has 0 aliphatic rings. The van der Waals surface area contributed by atoms with Crippen LogP contribution in [0.2, 0.25) is 0 Å². The number of aliphatic hydroxyl groups excluding tert-OH is 1. The molecule has 0 bridgehead atoms. The van der Waals surface area contributed by atoms with E-state index < -0.39 is 22.9 Å². The van der Waals surface area contributed by atoms with Crippen LogP contribution in [-0.2, 0) is 4.33 Å². The summed E-state index contributed by atoms with van der Waals surface area (Å²) in [7, 11) is 0. The van der Waals surface area contributed by atoms with Crippen molar-refractivity contribution in [1.29, 1.82) is 0 Å². The van der Waals surface area contributed by atoms with Crippen molar-refractivity contribution in [2.75, 3.05) is 0 Å². The van der Waals surface area contributed by atoms with Crippen LogP contribution >= 0.6 is 104 Å². The van der Waals surface area contributed by atoms with Gasteiger partial charge in [-0.15, -0.1) is 0 Å². The van der Waals surface area contributed by atoms with Gasteiger partial charge in [0, 0.05) is 0 Å². The maximum atomic E-state index is 9.94. The van der Waals surface area contributed by atoms with Gasteiger partial charge in [-0.3, -0.25) is 0 Å². The number of rotatable bonds is 5. The fourth-order valence-electron chi connectivity index (χ4n) is 1.73. The fourth-order valence-corrected chi connectivity index (χ4v) is 3.95. The van der Waals surface area contributed by atoms with Crippen LogP contribution in [0.3, 0.4) is 0 Å². The highest BCUT2D eigenvalue weighted by Crippen LogP contribution is 2.65. The van der Waals surface area contributed by atoms with E-state index in [1.165, 1.54) is 12.1 Å². The minimum atomic E-state index is -2.35. The number of aliphatic hydroxyl groups is 1. The molecular formula is C13H11Cl9O. The predicted molar refractivity (Wildman–Crippen MR) is 104 cm³/mol. The zero-order chi connectivity index (χ0) is 18.3. The van der Waals surface area contributed by atoms with Gasteiger partial charge in [0.05, 0.1) is 6.10 Å². The zero-order valence-corrected chi connectivity index (χ0v) is 18.2. The first-order valence-electron chi connectivity index (χ1n) is 6.18. The maximum Gasteiger partial charge on any atom is 0.226 e.